The zero-order valence-electron chi connectivity index (χ0n) is 27.8. The molecule has 0 atom stereocenters. The molecule has 51 heavy (non-hydrogen) atoms. The fourth-order valence-electron chi connectivity index (χ4n) is 7.41. The summed E-state index contributed by atoms with van der Waals surface area (Å²) >= 11 is 0. The second kappa shape index (κ2) is 12.0. The Morgan fingerprint density at radius 2 is 1.14 bits per heavy atom. The van der Waals surface area contributed by atoms with Gasteiger partial charge in [-0.15, -0.1) is 0 Å². The molecule has 9 aromatic rings. The van der Waals surface area contributed by atoms with Crippen LogP contribution in [0.2, 0.25) is 0 Å². The quantitative estimate of drug-likeness (QED) is 0.173. The highest BCUT2D eigenvalue weighted by Crippen LogP contribution is 2.40. The predicted molar refractivity (Wildman–Crippen MR) is 210 cm³/mol. The molecule has 1 aliphatic rings. The number of fused-ring (bicyclic) bond motifs is 6. The summed E-state index contributed by atoms with van der Waals surface area (Å²) in [6, 6.07) is 51.1. The zero-order chi connectivity index (χ0) is 33.7. The number of para-hydroxylation sites is 1. The highest BCUT2D eigenvalue weighted by Gasteiger charge is 2.20. The first-order valence-electron chi connectivity index (χ1n) is 17.4. The summed E-state index contributed by atoms with van der Waals surface area (Å²) < 4.78 is 6.57. The van der Waals surface area contributed by atoms with Crippen LogP contribution in [0.4, 0.5) is 0 Å². The third kappa shape index (κ3) is 5.12. The minimum Gasteiger partial charge on any atom is -0.455 e. The van der Waals surface area contributed by atoms with Crippen molar-refractivity contribution in [2.75, 3.05) is 0 Å². The van der Waals surface area contributed by atoms with Crippen LogP contribution in [0.15, 0.2) is 168 Å². The largest absolute Gasteiger partial charge is 0.455 e. The second-order valence-electron chi connectivity index (χ2n) is 13.1. The van der Waals surface area contributed by atoms with Gasteiger partial charge in [-0.25, -0.2) is 15.0 Å². The molecule has 4 heteroatoms. The summed E-state index contributed by atoms with van der Waals surface area (Å²) in [4.78, 5) is 15.3. The third-order valence-corrected chi connectivity index (χ3v) is 9.96. The molecule has 0 N–H and O–H groups in total. The van der Waals surface area contributed by atoms with E-state index in [1.54, 1.807) is 0 Å². The maximum absolute atomic E-state index is 6.57. The van der Waals surface area contributed by atoms with E-state index in [4.69, 9.17) is 19.4 Å². The molecule has 0 saturated heterocycles. The van der Waals surface area contributed by atoms with E-state index in [1.165, 1.54) is 27.1 Å². The van der Waals surface area contributed by atoms with Gasteiger partial charge >= 0.3 is 0 Å². The third-order valence-electron chi connectivity index (χ3n) is 9.96. The SMILES string of the molecule is C1=CC(c2nc(-c3ccc(-c4ccc5ccc6ccccc6c5c4)cc3)nc(-c3cccc4oc5c(-c6ccccc6)cccc5c34)n2)=CCC1. The molecular formula is C47H31N3O. The summed E-state index contributed by atoms with van der Waals surface area (Å²) in [6.07, 6.45) is 8.51. The molecule has 0 spiro atoms. The second-order valence-corrected chi connectivity index (χ2v) is 13.1. The number of benzene rings is 7. The molecule has 0 saturated carbocycles. The van der Waals surface area contributed by atoms with Gasteiger partial charge in [0, 0.05) is 33.0 Å². The van der Waals surface area contributed by atoms with E-state index in [-0.39, 0.29) is 0 Å². The molecule has 0 amide bonds. The van der Waals surface area contributed by atoms with E-state index in [2.05, 4.69) is 146 Å². The topological polar surface area (TPSA) is 51.8 Å². The lowest BCUT2D eigenvalue weighted by Gasteiger charge is -2.12. The van der Waals surface area contributed by atoms with Gasteiger partial charge in [-0.3, -0.25) is 0 Å². The highest BCUT2D eigenvalue weighted by atomic mass is 16.3. The Kier molecular flexibility index (Phi) is 6.91. The van der Waals surface area contributed by atoms with Crippen molar-refractivity contribution in [1.82, 2.24) is 15.0 Å². The fraction of sp³-hybridized carbons (Fsp3) is 0.0426. The minimum atomic E-state index is 0.624. The van der Waals surface area contributed by atoms with E-state index in [0.717, 1.165) is 68.2 Å². The molecule has 10 rings (SSSR count). The Labute approximate surface area is 295 Å². The lowest BCUT2D eigenvalue weighted by Crippen LogP contribution is -2.03. The van der Waals surface area contributed by atoms with Gasteiger partial charge in [-0.05, 0) is 63.2 Å². The maximum atomic E-state index is 6.57. The predicted octanol–water partition coefficient (Wildman–Crippen LogP) is 12.5. The van der Waals surface area contributed by atoms with Crippen LogP contribution in [0.1, 0.15) is 18.7 Å². The van der Waals surface area contributed by atoms with Gasteiger partial charge in [0.25, 0.3) is 0 Å². The van der Waals surface area contributed by atoms with Crippen LogP contribution in [0.5, 0.6) is 0 Å². The number of hydrogen-bond donors (Lipinski definition) is 0. The van der Waals surface area contributed by atoms with Crippen LogP contribution in [-0.2, 0) is 0 Å². The van der Waals surface area contributed by atoms with Gasteiger partial charge in [-0.2, -0.15) is 0 Å². The average Bonchev–Trinajstić information content (AvgIpc) is 3.60. The number of furan rings is 1. The fourth-order valence-corrected chi connectivity index (χ4v) is 7.41. The normalized spacial score (nSPS) is 13.0. The van der Waals surface area contributed by atoms with Gasteiger partial charge in [-0.1, -0.05) is 152 Å². The number of aromatic nitrogens is 3. The molecule has 4 nitrogen and oxygen atoms in total. The van der Waals surface area contributed by atoms with E-state index < -0.39 is 0 Å². The van der Waals surface area contributed by atoms with E-state index in [0.29, 0.717) is 17.5 Å². The van der Waals surface area contributed by atoms with E-state index >= 15 is 0 Å². The molecule has 0 bridgehead atoms. The molecule has 0 aliphatic heterocycles. The lowest BCUT2D eigenvalue weighted by molar-refractivity contribution is 0.670. The first-order chi connectivity index (χ1) is 25.3. The highest BCUT2D eigenvalue weighted by molar-refractivity contribution is 6.15. The number of rotatable bonds is 5. The Morgan fingerprint density at radius 3 is 2.00 bits per heavy atom. The van der Waals surface area contributed by atoms with Crippen LogP contribution in [0, 0.1) is 0 Å². The lowest BCUT2D eigenvalue weighted by atomic mass is 9.96. The minimum absolute atomic E-state index is 0.624. The van der Waals surface area contributed by atoms with Gasteiger partial charge < -0.3 is 4.42 Å². The molecule has 0 fully saturated rings. The van der Waals surface area contributed by atoms with Crippen LogP contribution in [0.3, 0.4) is 0 Å². The summed E-state index contributed by atoms with van der Waals surface area (Å²) in [5.41, 5.74) is 9.02. The van der Waals surface area contributed by atoms with Gasteiger partial charge in [0.2, 0.25) is 0 Å². The van der Waals surface area contributed by atoms with Crippen molar-refractivity contribution in [3.05, 3.63) is 170 Å². The van der Waals surface area contributed by atoms with Gasteiger partial charge in [0.15, 0.2) is 17.5 Å². The summed E-state index contributed by atoms with van der Waals surface area (Å²) in [5, 5.41) is 7.05. The first-order valence-corrected chi connectivity index (χ1v) is 17.4. The maximum Gasteiger partial charge on any atom is 0.164 e. The van der Waals surface area contributed by atoms with Crippen LogP contribution < -0.4 is 0 Å². The monoisotopic (exact) mass is 653 g/mol. The molecule has 240 valence electrons. The van der Waals surface area contributed by atoms with Crippen LogP contribution in [0.25, 0.3) is 94.1 Å². The Morgan fingerprint density at radius 1 is 0.451 bits per heavy atom. The van der Waals surface area contributed by atoms with Crippen molar-refractivity contribution in [2.24, 2.45) is 0 Å². The standard InChI is InChI=1S/C47H31N3O/c1-3-11-31(12-4-1)38-17-9-18-39-43-40(19-10-20-42(43)51-44(38)39)47-49-45(34-14-5-2-6-15-34)48-46(50-47)35-26-21-30(22-27-35)36-28-25-33-24-23-32-13-7-8-16-37(32)41(33)29-36/h1,3-5,7-29H,2,6H2. The van der Waals surface area contributed by atoms with Crippen molar-refractivity contribution in [1.29, 1.82) is 0 Å². The van der Waals surface area contributed by atoms with Crippen molar-refractivity contribution in [3.8, 4) is 45.0 Å². The molecule has 0 radical (unpaired) electrons. The number of allylic oxidation sites excluding steroid dienone is 4. The van der Waals surface area contributed by atoms with Crippen molar-refractivity contribution in [2.45, 2.75) is 12.8 Å². The van der Waals surface area contributed by atoms with E-state index in [1.807, 2.05) is 18.2 Å². The summed E-state index contributed by atoms with van der Waals surface area (Å²) in [7, 11) is 0. The molecule has 2 aromatic heterocycles. The van der Waals surface area contributed by atoms with Crippen molar-refractivity contribution >= 4 is 49.1 Å². The van der Waals surface area contributed by atoms with Crippen LogP contribution in [-0.4, -0.2) is 15.0 Å². The van der Waals surface area contributed by atoms with E-state index in [9.17, 15) is 0 Å². The molecule has 1 aliphatic carbocycles. The molecule has 0 unspecified atom stereocenters. The summed E-state index contributed by atoms with van der Waals surface area (Å²) in [6.45, 7) is 0. The van der Waals surface area contributed by atoms with Crippen LogP contribution >= 0.6 is 0 Å². The average molecular weight is 654 g/mol. The number of nitrogens with zero attached hydrogens (tertiary/aromatic N) is 3. The van der Waals surface area contributed by atoms with Gasteiger partial charge in [0.1, 0.15) is 11.2 Å². The number of hydrogen-bond acceptors (Lipinski definition) is 4. The smallest absolute Gasteiger partial charge is 0.164 e. The molecule has 2 heterocycles. The zero-order valence-corrected chi connectivity index (χ0v) is 27.8. The Bertz CT molecular complexity index is 2850. The Hall–Kier alpha value is -6.65. The van der Waals surface area contributed by atoms with Crippen molar-refractivity contribution in [3.63, 3.8) is 0 Å². The molecular weight excluding hydrogens is 623 g/mol. The summed E-state index contributed by atoms with van der Waals surface area (Å²) in [5.74, 6) is 1.94. The first kappa shape index (κ1) is 29.3. The Balaban J connectivity index is 1.10. The van der Waals surface area contributed by atoms with Gasteiger partial charge in [0.05, 0.1) is 0 Å². The molecule has 7 aromatic carbocycles. The van der Waals surface area contributed by atoms with Crippen molar-refractivity contribution < 1.29 is 4.42 Å².